The third kappa shape index (κ3) is 3.92. The zero-order valence-corrected chi connectivity index (χ0v) is 20.5. The smallest absolute Gasteiger partial charge is 0.326 e. The zero-order chi connectivity index (χ0) is 24.1. The lowest BCUT2D eigenvalue weighted by molar-refractivity contribution is -0.0125. The number of ether oxygens (including phenoxy) is 2. The molecule has 184 valence electrons. The van der Waals surface area contributed by atoms with Gasteiger partial charge >= 0.3 is 5.69 Å². The number of benzene rings is 1. The fourth-order valence-electron chi connectivity index (χ4n) is 5.64. The van der Waals surface area contributed by atoms with Crippen molar-refractivity contribution in [2.24, 2.45) is 0 Å². The van der Waals surface area contributed by atoms with Crippen LogP contribution >= 0.6 is 0 Å². The van der Waals surface area contributed by atoms with Gasteiger partial charge in [0.15, 0.2) is 11.4 Å². The molecule has 2 aliphatic rings. The molecule has 2 fully saturated rings. The summed E-state index contributed by atoms with van der Waals surface area (Å²) < 4.78 is 14.6. The first kappa shape index (κ1) is 22.3. The second-order valence-corrected chi connectivity index (χ2v) is 10.1. The zero-order valence-electron chi connectivity index (χ0n) is 20.5. The number of H-pyrrole nitrogens is 1. The molecule has 4 aromatic rings. The fraction of sp³-hybridized carbons (Fsp3) is 0.500. The van der Waals surface area contributed by atoms with Gasteiger partial charge in [-0.15, -0.1) is 0 Å². The highest BCUT2D eigenvalue weighted by Crippen LogP contribution is 2.37. The summed E-state index contributed by atoms with van der Waals surface area (Å²) in [5.74, 6) is 0.939. The summed E-state index contributed by atoms with van der Waals surface area (Å²) in [4.78, 5) is 20.6. The molecule has 0 bridgehead atoms. The summed E-state index contributed by atoms with van der Waals surface area (Å²) >= 11 is 0. The van der Waals surface area contributed by atoms with Crippen LogP contribution in [0.2, 0.25) is 0 Å². The summed E-state index contributed by atoms with van der Waals surface area (Å²) in [5, 5.41) is 8.01. The van der Waals surface area contributed by atoms with Crippen LogP contribution in [0.5, 0.6) is 5.75 Å². The lowest BCUT2D eigenvalue weighted by Crippen LogP contribution is -2.51. The first-order chi connectivity index (χ1) is 17.0. The van der Waals surface area contributed by atoms with E-state index in [0.29, 0.717) is 23.5 Å². The van der Waals surface area contributed by atoms with E-state index < -0.39 is 0 Å². The number of aromatic amines is 1. The molecule has 0 amide bonds. The Bertz CT molecular complexity index is 1420. The Morgan fingerprint density at radius 1 is 1.14 bits per heavy atom. The molecule has 0 radical (unpaired) electrons. The fourth-order valence-corrected chi connectivity index (χ4v) is 5.64. The molecule has 0 atom stereocenters. The Balaban J connectivity index is 1.38. The summed E-state index contributed by atoms with van der Waals surface area (Å²) in [5.41, 5.74) is 5.72. The third-order valence-corrected chi connectivity index (χ3v) is 7.55. The molecule has 0 spiro atoms. The van der Waals surface area contributed by atoms with Gasteiger partial charge in [-0.3, -0.25) is 4.57 Å². The van der Waals surface area contributed by atoms with Crippen LogP contribution in [0, 0.1) is 0 Å². The Morgan fingerprint density at radius 3 is 2.63 bits per heavy atom. The van der Waals surface area contributed by atoms with Crippen molar-refractivity contribution in [3.8, 4) is 16.9 Å². The molecule has 6 rings (SSSR count). The van der Waals surface area contributed by atoms with Gasteiger partial charge in [0.2, 0.25) is 0 Å². The van der Waals surface area contributed by atoms with Crippen LogP contribution < -0.4 is 15.7 Å². The van der Waals surface area contributed by atoms with Gasteiger partial charge in [-0.05, 0) is 60.9 Å². The SMILES string of the molecule is COc1cc(-c2cc3[nH]c(=O)n(C4CCC(NC5COC5)CC4)c3cc2C(C)C)cn2ncnc12. The Kier molecular flexibility index (Phi) is 5.61. The van der Waals surface area contributed by atoms with Crippen LogP contribution in [-0.2, 0) is 4.74 Å². The monoisotopic (exact) mass is 476 g/mol. The van der Waals surface area contributed by atoms with Crippen LogP contribution in [0.1, 0.15) is 57.1 Å². The largest absolute Gasteiger partial charge is 0.493 e. The highest BCUT2D eigenvalue weighted by Gasteiger charge is 2.29. The van der Waals surface area contributed by atoms with Crippen molar-refractivity contribution in [2.45, 2.75) is 63.6 Å². The molecule has 1 aliphatic carbocycles. The predicted octanol–water partition coefficient (Wildman–Crippen LogP) is 3.64. The number of imidazole rings is 1. The molecule has 1 saturated carbocycles. The minimum Gasteiger partial charge on any atom is -0.493 e. The van der Waals surface area contributed by atoms with Crippen LogP contribution in [0.4, 0.5) is 0 Å². The topological polar surface area (TPSA) is 98.5 Å². The molecule has 9 heteroatoms. The first-order valence-electron chi connectivity index (χ1n) is 12.5. The molecule has 1 aromatic carbocycles. The molecular formula is C26H32N6O3. The number of nitrogens with one attached hydrogen (secondary N) is 2. The van der Waals surface area contributed by atoms with Crippen LogP contribution in [0.3, 0.4) is 0 Å². The summed E-state index contributed by atoms with van der Waals surface area (Å²) in [6.45, 7) is 6.01. The van der Waals surface area contributed by atoms with Crippen LogP contribution in [0.15, 0.2) is 35.5 Å². The van der Waals surface area contributed by atoms with Crippen molar-refractivity contribution in [3.05, 3.63) is 46.8 Å². The number of hydrogen-bond acceptors (Lipinski definition) is 6. The molecule has 4 heterocycles. The van der Waals surface area contributed by atoms with Crippen molar-refractivity contribution in [1.82, 2.24) is 29.5 Å². The molecule has 1 saturated heterocycles. The van der Waals surface area contributed by atoms with Crippen LogP contribution in [0.25, 0.3) is 27.8 Å². The van der Waals surface area contributed by atoms with Gasteiger partial charge in [0.05, 0.1) is 37.4 Å². The Labute approximate surface area is 203 Å². The highest BCUT2D eigenvalue weighted by atomic mass is 16.5. The van der Waals surface area contributed by atoms with Crippen molar-refractivity contribution in [2.75, 3.05) is 20.3 Å². The van der Waals surface area contributed by atoms with Crippen molar-refractivity contribution in [3.63, 3.8) is 0 Å². The number of fused-ring (bicyclic) bond motifs is 2. The highest BCUT2D eigenvalue weighted by molar-refractivity contribution is 5.85. The first-order valence-corrected chi connectivity index (χ1v) is 12.5. The molecule has 0 unspecified atom stereocenters. The molecule has 2 N–H and O–H groups in total. The number of hydrogen-bond donors (Lipinski definition) is 2. The third-order valence-electron chi connectivity index (χ3n) is 7.55. The number of aromatic nitrogens is 5. The second-order valence-electron chi connectivity index (χ2n) is 10.1. The lowest BCUT2D eigenvalue weighted by atomic mass is 9.89. The maximum absolute atomic E-state index is 13.2. The minimum absolute atomic E-state index is 0.0278. The van der Waals surface area contributed by atoms with E-state index in [9.17, 15) is 4.79 Å². The average Bonchev–Trinajstić information content (AvgIpc) is 3.43. The maximum atomic E-state index is 13.2. The summed E-state index contributed by atoms with van der Waals surface area (Å²) in [6, 6.07) is 7.51. The number of pyridine rings is 1. The van der Waals surface area contributed by atoms with E-state index in [0.717, 1.165) is 61.1 Å². The van der Waals surface area contributed by atoms with Gasteiger partial charge in [-0.1, -0.05) is 13.8 Å². The second kappa shape index (κ2) is 8.80. The quantitative estimate of drug-likeness (QED) is 0.441. The molecule has 3 aromatic heterocycles. The average molecular weight is 477 g/mol. The molecule has 9 nitrogen and oxygen atoms in total. The van der Waals surface area contributed by atoms with Gasteiger partial charge in [-0.25, -0.2) is 14.3 Å². The van der Waals surface area contributed by atoms with E-state index in [1.807, 2.05) is 16.8 Å². The van der Waals surface area contributed by atoms with Gasteiger partial charge in [0, 0.05) is 23.8 Å². The summed E-state index contributed by atoms with van der Waals surface area (Å²) in [7, 11) is 1.64. The molecular weight excluding hydrogens is 444 g/mol. The van der Waals surface area contributed by atoms with Gasteiger partial charge in [-0.2, -0.15) is 5.10 Å². The number of nitrogens with zero attached hydrogens (tertiary/aromatic N) is 4. The Morgan fingerprint density at radius 2 is 1.94 bits per heavy atom. The van der Waals surface area contributed by atoms with E-state index in [1.54, 1.807) is 11.6 Å². The molecule has 1 aliphatic heterocycles. The van der Waals surface area contributed by atoms with Crippen molar-refractivity contribution >= 4 is 16.7 Å². The lowest BCUT2D eigenvalue weighted by Gasteiger charge is -2.35. The number of rotatable bonds is 6. The maximum Gasteiger partial charge on any atom is 0.326 e. The van der Waals surface area contributed by atoms with E-state index in [4.69, 9.17) is 9.47 Å². The predicted molar refractivity (Wildman–Crippen MR) is 134 cm³/mol. The molecule has 35 heavy (non-hydrogen) atoms. The van der Waals surface area contributed by atoms with E-state index >= 15 is 0 Å². The normalized spacial score (nSPS) is 21.1. The standard InChI is InChI=1S/C26H32N6O3/c1-15(2)20-10-23-22(9-21(20)16-8-24(34-3)25-27-14-28-31(25)11-16)30-26(33)32(23)19-6-4-17(5-7-19)29-18-12-35-13-18/h8-11,14-15,17-19,29H,4-7,12-13H2,1-3H3,(H,30,33). The minimum atomic E-state index is -0.0278. The van der Waals surface area contributed by atoms with Crippen molar-refractivity contribution in [1.29, 1.82) is 0 Å². The van der Waals surface area contributed by atoms with E-state index in [2.05, 4.69) is 46.4 Å². The van der Waals surface area contributed by atoms with Gasteiger partial charge < -0.3 is 19.8 Å². The van der Waals surface area contributed by atoms with Gasteiger partial charge in [0.25, 0.3) is 0 Å². The van der Waals surface area contributed by atoms with E-state index in [-0.39, 0.29) is 17.6 Å². The van der Waals surface area contributed by atoms with Gasteiger partial charge in [0.1, 0.15) is 6.33 Å². The van der Waals surface area contributed by atoms with Crippen molar-refractivity contribution < 1.29 is 9.47 Å². The Hall–Kier alpha value is -3.17. The van der Waals surface area contributed by atoms with Crippen LogP contribution in [-0.4, -0.2) is 56.6 Å². The summed E-state index contributed by atoms with van der Waals surface area (Å²) in [6.07, 6.45) is 7.64. The number of methoxy groups -OCH3 is 1. The van der Waals surface area contributed by atoms with E-state index in [1.165, 1.54) is 11.9 Å².